The van der Waals surface area contributed by atoms with Crippen molar-refractivity contribution in [2.75, 3.05) is 5.32 Å². The molecule has 5 N–H and O–H groups in total. The smallest absolute Gasteiger partial charge is 0.371 e. The molecule has 11 heteroatoms. The molecule has 9 nitrogen and oxygen atoms in total. The minimum absolute atomic E-state index is 0.0944. The molecule has 0 fully saturated rings. The second kappa shape index (κ2) is 6.61. The van der Waals surface area contributed by atoms with Gasteiger partial charge in [0, 0.05) is 17.5 Å². The lowest BCUT2D eigenvalue weighted by atomic mass is 10.0. The van der Waals surface area contributed by atoms with E-state index in [1.807, 2.05) is 6.08 Å². The van der Waals surface area contributed by atoms with Crippen LogP contribution in [0.2, 0.25) is 0 Å². The molecule has 2 aromatic rings. The molecule has 2 aromatic carbocycles. The average molecular weight is 397 g/mol. The summed E-state index contributed by atoms with van der Waals surface area (Å²) in [6.45, 7) is 0. The molecule has 0 aliphatic carbocycles. The molecule has 0 radical (unpaired) electrons. The third kappa shape index (κ3) is 4.73. The maximum Gasteiger partial charge on any atom is 0.380 e. The highest BCUT2D eigenvalue weighted by Crippen LogP contribution is 2.32. The van der Waals surface area contributed by atoms with Crippen LogP contribution < -0.4 is 24.0 Å². The van der Waals surface area contributed by atoms with E-state index in [0.717, 1.165) is 16.8 Å². The fourth-order valence-corrected chi connectivity index (χ4v) is 3.21. The number of nitrogens with two attached hydrogens (primary N) is 2. The molecular weight excluding hydrogens is 382 g/mol. The summed E-state index contributed by atoms with van der Waals surface area (Å²) in [7, 11) is -8.18. The normalized spacial score (nSPS) is 14.0. The molecule has 0 saturated carbocycles. The van der Waals surface area contributed by atoms with E-state index in [9.17, 15) is 16.8 Å². The summed E-state index contributed by atoms with van der Waals surface area (Å²) >= 11 is 0. The molecule has 0 aromatic heterocycles. The Morgan fingerprint density at radius 1 is 0.846 bits per heavy atom. The first-order valence-electron chi connectivity index (χ1n) is 7.24. The molecule has 0 spiro atoms. The van der Waals surface area contributed by atoms with Crippen LogP contribution in [-0.2, 0) is 27.0 Å². The molecule has 1 heterocycles. The van der Waals surface area contributed by atoms with Crippen LogP contribution in [0.1, 0.15) is 11.1 Å². The van der Waals surface area contributed by atoms with Gasteiger partial charge in [0.25, 0.3) is 0 Å². The van der Waals surface area contributed by atoms with Gasteiger partial charge in [-0.2, -0.15) is 27.1 Å². The van der Waals surface area contributed by atoms with Gasteiger partial charge in [-0.25, -0.2) is 0 Å². The molecule has 1 aliphatic rings. The van der Waals surface area contributed by atoms with Crippen LogP contribution in [0.4, 0.5) is 5.69 Å². The zero-order valence-electron chi connectivity index (χ0n) is 13.2. The quantitative estimate of drug-likeness (QED) is 0.677. The number of allylic oxidation sites excluding steroid dienone is 1. The van der Waals surface area contributed by atoms with Crippen molar-refractivity contribution in [3.63, 3.8) is 0 Å². The molecule has 0 unspecified atom stereocenters. The van der Waals surface area contributed by atoms with Gasteiger partial charge in [0.15, 0.2) is 0 Å². The summed E-state index contributed by atoms with van der Waals surface area (Å²) in [6.07, 6.45) is 2.56. The van der Waals surface area contributed by atoms with E-state index in [1.54, 1.807) is 18.2 Å². The Bertz CT molecular complexity index is 1080. The summed E-state index contributed by atoms with van der Waals surface area (Å²) in [4.78, 5) is 0. The van der Waals surface area contributed by atoms with Gasteiger partial charge in [-0.15, -0.1) is 0 Å². The molecular formula is C15H15N3O6S2. The van der Waals surface area contributed by atoms with Crippen LogP contribution in [0, 0.1) is 0 Å². The van der Waals surface area contributed by atoms with Gasteiger partial charge in [0.05, 0.1) is 0 Å². The van der Waals surface area contributed by atoms with Gasteiger partial charge >= 0.3 is 20.6 Å². The van der Waals surface area contributed by atoms with E-state index < -0.39 is 20.6 Å². The molecule has 138 valence electrons. The van der Waals surface area contributed by atoms with Crippen molar-refractivity contribution in [2.24, 2.45) is 10.3 Å². The summed E-state index contributed by atoms with van der Waals surface area (Å²) in [5, 5.41) is 12.9. The standard InChI is InChI=1S/C15H15N3O6S2/c16-25(19,20)23-12-5-1-10(2-6-12)14-8-4-11-3-7-13(9-15(11)18-14)24-26(17,21)22/h1-3,5-9,18H,4H2,(H2,16,19,20)(H2,17,21,22). The highest BCUT2D eigenvalue weighted by atomic mass is 32.2. The molecule has 0 saturated heterocycles. The maximum atomic E-state index is 11.0. The van der Waals surface area contributed by atoms with E-state index in [1.165, 1.54) is 24.3 Å². The molecule has 3 rings (SSSR count). The summed E-state index contributed by atoms with van der Waals surface area (Å²) in [6, 6.07) is 11.0. The molecule has 1 aliphatic heterocycles. The SMILES string of the molecule is NS(=O)(=O)Oc1ccc(C2=CCc3ccc(OS(N)(=O)=O)cc3N2)cc1. The maximum absolute atomic E-state index is 11.0. The lowest BCUT2D eigenvalue weighted by Crippen LogP contribution is -2.19. The third-order valence-electron chi connectivity index (χ3n) is 3.47. The lowest BCUT2D eigenvalue weighted by molar-refractivity contribution is 0.486. The van der Waals surface area contributed by atoms with E-state index in [2.05, 4.69) is 13.7 Å². The minimum atomic E-state index is -4.10. The number of hydrogen-bond donors (Lipinski definition) is 3. The number of rotatable bonds is 5. The van der Waals surface area contributed by atoms with E-state index in [-0.39, 0.29) is 11.5 Å². The Balaban J connectivity index is 1.80. The molecule has 0 bridgehead atoms. The second-order valence-corrected chi connectivity index (χ2v) is 7.75. The molecule has 0 atom stereocenters. The van der Waals surface area contributed by atoms with Crippen molar-refractivity contribution in [2.45, 2.75) is 6.42 Å². The fraction of sp³-hybridized carbons (Fsp3) is 0.0667. The van der Waals surface area contributed by atoms with Crippen LogP contribution in [-0.4, -0.2) is 16.8 Å². The van der Waals surface area contributed by atoms with Crippen molar-refractivity contribution >= 4 is 32.0 Å². The summed E-state index contributed by atoms with van der Waals surface area (Å²) in [5.41, 5.74) is 3.15. The fourth-order valence-electron chi connectivity index (χ4n) is 2.46. The highest BCUT2D eigenvalue weighted by Gasteiger charge is 2.15. The summed E-state index contributed by atoms with van der Waals surface area (Å²) < 4.78 is 53.2. The van der Waals surface area contributed by atoms with Crippen LogP contribution >= 0.6 is 0 Å². The minimum Gasteiger partial charge on any atom is -0.371 e. The number of nitrogens with one attached hydrogen (secondary N) is 1. The highest BCUT2D eigenvalue weighted by molar-refractivity contribution is 7.85. The van der Waals surface area contributed by atoms with Crippen molar-refractivity contribution in [1.82, 2.24) is 0 Å². The van der Waals surface area contributed by atoms with Crippen molar-refractivity contribution < 1.29 is 25.2 Å². The van der Waals surface area contributed by atoms with Crippen LogP contribution in [0.3, 0.4) is 0 Å². The van der Waals surface area contributed by atoms with Gasteiger partial charge in [-0.05, 0) is 47.9 Å². The first kappa shape index (κ1) is 18.2. The lowest BCUT2D eigenvalue weighted by Gasteiger charge is -2.20. The monoisotopic (exact) mass is 397 g/mol. The Kier molecular flexibility index (Phi) is 4.63. The van der Waals surface area contributed by atoms with Gasteiger partial charge in [-0.1, -0.05) is 12.1 Å². The van der Waals surface area contributed by atoms with Crippen LogP contribution in [0.5, 0.6) is 11.5 Å². The average Bonchev–Trinajstić information content (AvgIpc) is 2.52. The largest absolute Gasteiger partial charge is 0.380 e. The molecule has 26 heavy (non-hydrogen) atoms. The predicted molar refractivity (Wildman–Crippen MR) is 95.7 cm³/mol. The van der Waals surface area contributed by atoms with E-state index in [4.69, 9.17) is 10.3 Å². The topological polar surface area (TPSA) is 151 Å². The first-order valence-corrected chi connectivity index (χ1v) is 10.2. The van der Waals surface area contributed by atoms with Gasteiger partial charge in [-0.3, -0.25) is 0 Å². The Labute approximate surface area is 150 Å². The van der Waals surface area contributed by atoms with E-state index >= 15 is 0 Å². The van der Waals surface area contributed by atoms with Crippen molar-refractivity contribution in [3.05, 3.63) is 59.7 Å². The van der Waals surface area contributed by atoms with E-state index in [0.29, 0.717) is 12.1 Å². The Morgan fingerprint density at radius 3 is 2.04 bits per heavy atom. The number of anilines is 1. The van der Waals surface area contributed by atoms with Crippen molar-refractivity contribution in [1.29, 1.82) is 0 Å². The molecule has 0 amide bonds. The van der Waals surface area contributed by atoms with Gasteiger partial charge in [0.1, 0.15) is 11.5 Å². The predicted octanol–water partition coefficient (Wildman–Crippen LogP) is 0.860. The van der Waals surface area contributed by atoms with Crippen molar-refractivity contribution in [3.8, 4) is 11.5 Å². The van der Waals surface area contributed by atoms with Crippen LogP contribution in [0.15, 0.2) is 48.5 Å². The zero-order chi connectivity index (χ0) is 18.9. The Morgan fingerprint density at radius 2 is 1.42 bits per heavy atom. The number of benzene rings is 2. The van der Waals surface area contributed by atoms with Crippen LogP contribution in [0.25, 0.3) is 5.70 Å². The summed E-state index contributed by atoms with van der Waals surface area (Å²) in [5.74, 6) is 0.189. The van der Waals surface area contributed by atoms with Gasteiger partial charge in [0.2, 0.25) is 0 Å². The zero-order valence-corrected chi connectivity index (χ0v) is 14.9. The number of hydrogen-bond acceptors (Lipinski definition) is 7. The van der Waals surface area contributed by atoms with Gasteiger partial charge < -0.3 is 13.7 Å². The third-order valence-corrected chi connectivity index (χ3v) is 4.32. The second-order valence-electron chi connectivity index (χ2n) is 5.44. The Hall–Kier alpha value is -2.60. The first-order chi connectivity index (χ1) is 12.1. The number of fused-ring (bicyclic) bond motifs is 1.